The molecule has 0 amide bonds. The molecule has 0 aromatic rings. The molecule has 3 atom stereocenters. The molecule has 0 aliphatic heterocycles. The van der Waals surface area contributed by atoms with Gasteiger partial charge in [-0.3, -0.25) is 14.4 Å². The summed E-state index contributed by atoms with van der Waals surface area (Å²) < 4.78 is 0. The first-order valence-electron chi connectivity index (χ1n) is 9.24. The summed E-state index contributed by atoms with van der Waals surface area (Å²) >= 11 is 0. The lowest BCUT2D eigenvalue weighted by atomic mass is 9.90. The molecule has 0 aromatic heterocycles. The molecule has 0 aromatic carbocycles. The number of aliphatic hydroxyl groups is 1. The number of ketones is 2. The van der Waals surface area contributed by atoms with E-state index >= 15 is 0 Å². The van der Waals surface area contributed by atoms with Crippen molar-refractivity contribution >= 4 is 17.5 Å². The first-order valence-corrected chi connectivity index (χ1v) is 9.24. The molecule has 140 valence electrons. The van der Waals surface area contributed by atoms with Gasteiger partial charge in [0.25, 0.3) is 0 Å². The molecule has 1 aliphatic carbocycles. The van der Waals surface area contributed by atoms with Crippen LogP contribution in [0.4, 0.5) is 0 Å². The quantitative estimate of drug-likeness (QED) is 0.319. The van der Waals surface area contributed by atoms with E-state index in [-0.39, 0.29) is 36.2 Å². The molecule has 5 heteroatoms. The number of allylic oxidation sites excluding steroid dienone is 3. The number of carboxylic acid groups (broad SMARTS) is 1. The number of aliphatic carboxylic acids is 1. The minimum Gasteiger partial charge on any atom is -0.481 e. The fraction of sp³-hybridized carbons (Fsp3) is 0.650. The average molecular weight is 350 g/mol. The lowest BCUT2D eigenvalue weighted by molar-refractivity contribution is -0.137. The van der Waals surface area contributed by atoms with Gasteiger partial charge in [-0.05, 0) is 31.8 Å². The zero-order valence-electron chi connectivity index (χ0n) is 15.0. The molecule has 2 N–H and O–H groups in total. The normalized spacial score (nSPS) is 23.8. The molecular formula is C20H30O5. The molecule has 0 heterocycles. The van der Waals surface area contributed by atoms with Crippen molar-refractivity contribution < 1.29 is 24.6 Å². The number of unbranched alkanes of at least 4 members (excludes halogenated alkanes) is 3. The second kappa shape index (κ2) is 11.7. The minimum atomic E-state index is -0.809. The Hall–Kier alpha value is -1.75. The summed E-state index contributed by atoms with van der Waals surface area (Å²) in [6, 6.07) is 0. The van der Waals surface area contributed by atoms with Crippen LogP contribution in [0.2, 0.25) is 0 Å². The third kappa shape index (κ3) is 8.25. The molecule has 0 radical (unpaired) electrons. The van der Waals surface area contributed by atoms with E-state index in [2.05, 4.69) is 6.92 Å². The Bertz CT molecular complexity index is 506. The predicted octanol–water partition coefficient (Wildman–Crippen LogP) is 3.46. The number of rotatable bonds is 12. The van der Waals surface area contributed by atoms with Crippen molar-refractivity contribution in [3.8, 4) is 0 Å². The van der Waals surface area contributed by atoms with Gasteiger partial charge >= 0.3 is 5.97 Å². The highest BCUT2D eigenvalue weighted by molar-refractivity contribution is 5.90. The van der Waals surface area contributed by atoms with Gasteiger partial charge in [-0.25, -0.2) is 0 Å². The van der Waals surface area contributed by atoms with Crippen LogP contribution >= 0.6 is 0 Å². The third-order valence-corrected chi connectivity index (χ3v) is 4.58. The van der Waals surface area contributed by atoms with Gasteiger partial charge in [-0.2, -0.15) is 0 Å². The summed E-state index contributed by atoms with van der Waals surface area (Å²) in [5.41, 5.74) is 0. The van der Waals surface area contributed by atoms with E-state index in [1.807, 2.05) is 12.2 Å². The number of Topliss-reactive ketones (excluding diaryl/α,β-unsaturated/α-hetero) is 1. The van der Waals surface area contributed by atoms with Gasteiger partial charge in [0.1, 0.15) is 5.78 Å². The van der Waals surface area contributed by atoms with E-state index in [0.29, 0.717) is 25.7 Å². The molecule has 0 spiro atoms. The van der Waals surface area contributed by atoms with Gasteiger partial charge < -0.3 is 10.2 Å². The molecule has 0 saturated heterocycles. The van der Waals surface area contributed by atoms with Gasteiger partial charge in [0.15, 0.2) is 5.78 Å². The number of aliphatic hydroxyl groups excluding tert-OH is 1. The van der Waals surface area contributed by atoms with E-state index in [4.69, 9.17) is 5.11 Å². The van der Waals surface area contributed by atoms with Crippen molar-refractivity contribution in [1.29, 1.82) is 0 Å². The standard InChI is InChI=1S/C20H30O5/c1-2-3-6-9-15(21)12-13-17-16(18(22)14-19(17)23)10-7-4-5-8-11-20(24)25/h4,7,12-13,16-17,19,23H,2-3,5-6,8-11,14H2,1H3,(H,24,25)/b7-4+,13-12+/t16-,17?,19-/m1/s1. The van der Waals surface area contributed by atoms with Crippen molar-refractivity contribution in [3.05, 3.63) is 24.3 Å². The fourth-order valence-corrected chi connectivity index (χ4v) is 3.11. The second-order valence-corrected chi connectivity index (χ2v) is 6.70. The van der Waals surface area contributed by atoms with Crippen LogP contribution in [0.25, 0.3) is 0 Å². The van der Waals surface area contributed by atoms with E-state index in [9.17, 15) is 19.5 Å². The van der Waals surface area contributed by atoms with Crippen molar-refractivity contribution in [2.75, 3.05) is 0 Å². The van der Waals surface area contributed by atoms with Gasteiger partial charge in [-0.1, -0.05) is 38.0 Å². The lowest BCUT2D eigenvalue weighted by Crippen LogP contribution is -2.18. The van der Waals surface area contributed by atoms with E-state index in [1.54, 1.807) is 6.08 Å². The monoisotopic (exact) mass is 350 g/mol. The highest BCUT2D eigenvalue weighted by Gasteiger charge is 2.39. The highest BCUT2D eigenvalue weighted by atomic mass is 16.4. The zero-order chi connectivity index (χ0) is 18.7. The molecule has 1 aliphatic rings. The first-order chi connectivity index (χ1) is 12.0. The maximum absolute atomic E-state index is 12.1. The molecular weight excluding hydrogens is 320 g/mol. The Labute approximate surface area is 149 Å². The highest BCUT2D eigenvalue weighted by Crippen LogP contribution is 2.33. The van der Waals surface area contributed by atoms with Crippen LogP contribution in [0.15, 0.2) is 24.3 Å². The Balaban J connectivity index is 2.49. The van der Waals surface area contributed by atoms with Crippen molar-refractivity contribution in [2.24, 2.45) is 11.8 Å². The summed E-state index contributed by atoms with van der Waals surface area (Å²) in [5.74, 6) is -1.35. The molecule has 1 unspecified atom stereocenters. The van der Waals surface area contributed by atoms with Gasteiger partial charge in [0.2, 0.25) is 0 Å². The molecule has 0 bridgehead atoms. The zero-order valence-corrected chi connectivity index (χ0v) is 15.0. The van der Waals surface area contributed by atoms with Crippen LogP contribution in [-0.2, 0) is 14.4 Å². The Morgan fingerprint density at radius 3 is 2.60 bits per heavy atom. The number of carboxylic acids is 1. The van der Waals surface area contributed by atoms with Gasteiger partial charge in [0, 0.05) is 31.1 Å². The average Bonchev–Trinajstić information content (AvgIpc) is 2.82. The van der Waals surface area contributed by atoms with Crippen LogP contribution in [0.1, 0.15) is 64.7 Å². The van der Waals surface area contributed by atoms with Crippen LogP contribution in [0.5, 0.6) is 0 Å². The number of hydrogen-bond acceptors (Lipinski definition) is 4. The number of carbonyl (C=O) groups excluding carboxylic acids is 2. The maximum Gasteiger partial charge on any atom is 0.303 e. The molecule has 1 saturated carbocycles. The topological polar surface area (TPSA) is 91.7 Å². The molecule has 1 fully saturated rings. The largest absolute Gasteiger partial charge is 0.481 e. The summed E-state index contributed by atoms with van der Waals surface area (Å²) in [6.45, 7) is 2.08. The van der Waals surface area contributed by atoms with Gasteiger partial charge in [-0.15, -0.1) is 0 Å². The third-order valence-electron chi connectivity index (χ3n) is 4.58. The SMILES string of the molecule is CCCCCC(=O)/C=C/C1[C@H](O)CC(=O)[C@@H]1C/C=C/CCCC(=O)O. The van der Waals surface area contributed by atoms with Crippen molar-refractivity contribution in [2.45, 2.75) is 70.8 Å². The lowest BCUT2D eigenvalue weighted by Gasteiger charge is -2.15. The fourth-order valence-electron chi connectivity index (χ4n) is 3.11. The van der Waals surface area contributed by atoms with Crippen LogP contribution < -0.4 is 0 Å². The van der Waals surface area contributed by atoms with Gasteiger partial charge in [0.05, 0.1) is 6.10 Å². The smallest absolute Gasteiger partial charge is 0.303 e. The molecule has 1 rings (SSSR count). The predicted molar refractivity (Wildman–Crippen MR) is 96.1 cm³/mol. The van der Waals surface area contributed by atoms with Crippen LogP contribution in [0, 0.1) is 11.8 Å². The molecule has 25 heavy (non-hydrogen) atoms. The van der Waals surface area contributed by atoms with E-state index < -0.39 is 12.1 Å². The summed E-state index contributed by atoms with van der Waals surface area (Å²) in [4.78, 5) is 34.4. The Kier molecular flexibility index (Phi) is 10.0. The summed E-state index contributed by atoms with van der Waals surface area (Å²) in [6.07, 6.45) is 11.8. The maximum atomic E-state index is 12.1. The first kappa shape index (κ1) is 21.3. The van der Waals surface area contributed by atoms with Crippen molar-refractivity contribution in [3.63, 3.8) is 0 Å². The second-order valence-electron chi connectivity index (χ2n) is 6.70. The summed E-state index contributed by atoms with van der Waals surface area (Å²) in [7, 11) is 0. The van der Waals surface area contributed by atoms with Crippen molar-refractivity contribution in [1.82, 2.24) is 0 Å². The molecule has 5 nitrogen and oxygen atoms in total. The van der Waals surface area contributed by atoms with E-state index in [0.717, 1.165) is 19.3 Å². The Morgan fingerprint density at radius 1 is 1.16 bits per heavy atom. The number of carbonyl (C=O) groups is 3. The van der Waals surface area contributed by atoms with Crippen LogP contribution in [-0.4, -0.2) is 33.9 Å². The van der Waals surface area contributed by atoms with Crippen LogP contribution in [0.3, 0.4) is 0 Å². The Morgan fingerprint density at radius 2 is 1.92 bits per heavy atom. The summed E-state index contributed by atoms with van der Waals surface area (Å²) in [5, 5.41) is 18.7. The minimum absolute atomic E-state index is 0.0239. The van der Waals surface area contributed by atoms with E-state index in [1.165, 1.54) is 6.08 Å². The number of hydrogen-bond donors (Lipinski definition) is 2.